The fraction of sp³-hybridized carbons (Fsp3) is 0.364. The van der Waals surface area contributed by atoms with Gasteiger partial charge in [-0.2, -0.15) is 0 Å². The van der Waals surface area contributed by atoms with Crippen LogP contribution < -0.4 is 0 Å². The average Bonchev–Trinajstić information content (AvgIpc) is 3.36. The van der Waals surface area contributed by atoms with Crippen molar-refractivity contribution in [2.24, 2.45) is 0 Å². The summed E-state index contributed by atoms with van der Waals surface area (Å²) >= 11 is 0. The van der Waals surface area contributed by atoms with E-state index in [1.54, 1.807) is 4.90 Å². The molecule has 1 aliphatic carbocycles. The maximum atomic E-state index is 12.7. The zero-order valence-corrected chi connectivity index (χ0v) is 15.6. The fourth-order valence-corrected chi connectivity index (χ4v) is 3.95. The van der Waals surface area contributed by atoms with Crippen LogP contribution >= 0.6 is 0 Å². The topological polar surface area (TPSA) is 67.1 Å². The van der Waals surface area contributed by atoms with Gasteiger partial charge in [-0.25, -0.2) is 9.78 Å². The first-order valence-electron chi connectivity index (χ1n) is 9.81. The SMILES string of the molecule is O=C(OCc1ccccc1)N1C[C@H](O)C[C@@H]1c1cn2cc(C3CC3)ccc2n1. The van der Waals surface area contributed by atoms with Crippen LogP contribution in [-0.4, -0.2) is 38.1 Å². The quantitative estimate of drug-likeness (QED) is 0.754. The maximum absolute atomic E-state index is 12.7. The molecule has 144 valence electrons. The molecule has 1 saturated heterocycles. The highest BCUT2D eigenvalue weighted by atomic mass is 16.6. The average molecular weight is 377 g/mol. The number of ether oxygens (including phenoxy) is 1. The molecule has 1 aliphatic heterocycles. The Kier molecular flexibility index (Phi) is 4.28. The highest BCUT2D eigenvalue weighted by Crippen LogP contribution is 2.40. The predicted molar refractivity (Wildman–Crippen MR) is 104 cm³/mol. The van der Waals surface area contributed by atoms with E-state index in [-0.39, 0.29) is 19.2 Å². The smallest absolute Gasteiger partial charge is 0.410 e. The summed E-state index contributed by atoms with van der Waals surface area (Å²) in [6.45, 7) is 0.481. The van der Waals surface area contributed by atoms with E-state index in [2.05, 4.69) is 12.3 Å². The van der Waals surface area contributed by atoms with Crippen molar-refractivity contribution in [3.63, 3.8) is 0 Å². The third-order valence-electron chi connectivity index (χ3n) is 5.60. The molecule has 2 fully saturated rings. The van der Waals surface area contributed by atoms with Crippen LogP contribution in [0.2, 0.25) is 0 Å². The Hall–Kier alpha value is -2.86. The number of imidazole rings is 1. The Morgan fingerprint density at radius 3 is 2.75 bits per heavy atom. The molecule has 5 rings (SSSR count). The molecule has 1 saturated carbocycles. The number of nitrogens with zero attached hydrogens (tertiary/aromatic N) is 3. The number of carbonyl (C=O) groups excluding carboxylic acids is 1. The second-order valence-electron chi connectivity index (χ2n) is 7.77. The predicted octanol–water partition coefficient (Wildman–Crippen LogP) is 3.66. The van der Waals surface area contributed by atoms with Crippen molar-refractivity contribution in [1.29, 1.82) is 0 Å². The van der Waals surface area contributed by atoms with Crippen LogP contribution in [0, 0.1) is 0 Å². The van der Waals surface area contributed by atoms with Gasteiger partial charge in [0.2, 0.25) is 0 Å². The molecule has 3 aromatic rings. The van der Waals surface area contributed by atoms with Crippen LogP contribution in [-0.2, 0) is 11.3 Å². The van der Waals surface area contributed by atoms with Crippen LogP contribution in [0.4, 0.5) is 4.79 Å². The first-order valence-corrected chi connectivity index (χ1v) is 9.81. The molecule has 28 heavy (non-hydrogen) atoms. The Morgan fingerprint density at radius 2 is 1.96 bits per heavy atom. The third kappa shape index (κ3) is 3.36. The normalized spacial score (nSPS) is 22.0. The minimum Gasteiger partial charge on any atom is -0.445 e. The molecule has 0 spiro atoms. The van der Waals surface area contributed by atoms with Crippen molar-refractivity contribution < 1.29 is 14.6 Å². The molecular formula is C22H23N3O3. The van der Waals surface area contributed by atoms with Crippen molar-refractivity contribution in [1.82, 2.24) is 14.3 Å². The first-order chi connectivity index (χ1) is 13.7. The lowest BCUT2D eigenvalue weighted by Gasteiger charge is -2.22. The minimum absolute atomic E-state index is 0.217. The van der Waals surface area contributed by atoms with Gasteiger partial charge >= 0.3 is 6.09 Å². The van der Waals surface area contributed by atoms with Crippen molar-refractivity contribution in [2.75, 3.05) is 6.54 Å². The number of hydrogen-bond acceptors (Lipinski definition) is 4. The van der Waals surface area contributed by atoms with Gasteiger partial charge in [0.25, 0.3) is 0 Å². The van der Waals surface area contributed by atoms with Gasteiger partial charge in [-0.15, -0.1) is 0 Å². The number of benzene rings is 1. The number of fused-ring (bicyclic) bond motifs is 1. The minimum atomic E-state index is -0.568. The van der Waals surface area contributed by atoms with Crippen molar-refractivity contribution in [2.45, 2.75) is 43.9 Å². The van der Waals surface area contributed by atoms with E-state index in [0.29, 0.717) is 12.3 Å². The summed E-state index contributed by atoms with van der Waals surface area (Å²) < 4.78 is 7.52. The van der Waals surface area contributed by atoms with Gasteiger partial charge in [-0.1, -0.05) is 36.4 Å². The number of carbonyl (C=O) groups is 1. The number of β-amino-alcohol motifs (C(OH)–C–C–N with tert-alkyl or cyclic N) is 1. The van der Waals surface area contributed by atoms with E-state index in [0.717, 1.165) is 16.9 Å². The highest BCUT2D eigenvalue weighted by Gasteiger charge is 2.38. The van der Waals surface area contributed by atoms with Crippen molar-refractivity contribution in [3.05, 3.63) is 71.7 Å². The summed E-state index contributed by atoms with van der Waals surface area (Å²) in [5, 5.41) is 10.2. The summed E-state index contributed by atoms with van der Waals surface area (Å²) in [4.78, 5) is 19.0. The number of aliphatic hydroxyl groups is 1. The van der Waals surface area contributed by atoms with Crippen LogP contribution in [0.3, 0.4) is 0 Å². The zero-order valence-electron chi connectivity index (χ0n) is 15.6. The molecule has 6 nitrogen and oxygen atoms in total. The van der Waals surface area contributed by atoms with Crippen LogP contribution in [0.1, 0.15) is 48.0 Å². The van der Waals surface area contributed by atoms with Crippen molar-refractivity contribution in [3.8, 4) is 0 Å². The molecule has 6 heteroatoms. The summed E-state index contributed by atoms with van der Waals surface area (Å²) in [6, 6.07) is 13.5. The van der Waals surface area contributed by atoms with Crippen LogP contribution in [0.25, 0.3) is 5.65 Å². The molecule has 0 bridgehead atoms. The molecule has 2 atom stereocenters. The molecule has 1 aromatic carbocycles. The fourth-order valence-electron chi connectivity index (χ4n) is 3.95. The van der Waals surface area contributed by atoms with Crippen molar-refractivity contribution >= 4 is 11.7 Å². The lowest BCUT2D eigenvalue weighted by molar-refractivity contribution is 0.0872. The maximum Gasteiger partial charge on any atom is 0.410 e. The second kappa shape index (κ2) is 6.95. The number of aliphatic hydroxyl groups excluding tert-OH is 1. The highest BCUT2D eigenvalue weighted by molar-refractivity contribution is 5.69. The van der Waals surface area contributed by atoms with Gasteiger partial charge in [0, 0.05) is 18.8 Å². The third-order valence-corrected chi connectivity index (χ3v) is 5.60. The number of hydrogen-bond donors (Lipinski definition) is 1. The summed E-state index contributed by atoms with van der Waals surface area (Å²) in [7, 11) is 0. The number of pyridine rings is 1. The number of amides is 1. The van der Waals surface area contributed by atoms with Gasteiger partial charge in [-0.3, -0.25) is 4.90 Å². The Labute approximate surface area is 163 Å². The van der Waals surface area contributed by atoms with E-state index >= 15 is 0 Å². The van der Waals surface area contributed by atoms with Gasteiger partial charge in [-0.05, 0) is 36.0 Å². The monoisotopic (exact) mass is 377 g/mol. The Morgan fingerprint density at radius 1 is 1.14 bits per heavy atom. The van der Waals surface area contributed by atoms with Gasteiger partial charge in [0.05, 0.1) is 24.4 Å². The molecule has 3 heterocycles. The largest absolute Gasteiger partial charge is 0.445 e. The molecule has 2 aromatic heterocycles. The first kappa shape index (κ1) is 17.3. The lowest BCUT2D eigenvalue weighted by Crippen LogP contribution is -2.32. The molecule has 2 aliphatic rings. The number of rotatable bonds is 4. The van der Waals surface area contributed by atoms with Crippen LogP contribution in [0.5, 0.6) is 0 Å². The Balaban J connectivity index is 1.35. The van der Waals surface area contributed by atoms with Crippen LogP contribution in [0.15, 0.2) is 54.9 Å². The van der Waals surface area contributed by atoms with E-state index < -0.39 is 12.2 Å². The van der Waals surface area contributed by atoms with E-state index in [4.69, 9.17) is 9.72 Å². The van der Waals surface area contributed by atoms with Gasteiger partial charge in [0.1, 0.15) is 12.3 Å². The number of aromatic nitrogens is 2. The van der Waals surface area contributed by atoms with Gasteiger partial charge < -0.3 is 14.2 Å². The Bertz CT molecular complexity index is 997. The summed E-state index contributed by atoms with van der Waals surface area (Å²) in [5.41, 5.74) is 3.93. The lowest BCUT2D eigenvalue weighted by atomic mass is 10.1. The summed E-state index contributed by atoms with van der Waals surface area (Å²) in [6.07, 6.45) is 6.10. The van der Waals surface area contributed by atoms with E-state index in [1.165, 1.54) is 18.4 Å². The van der Waals surface area contributed by atoms with Gasteiger partial charge in [0.15, 0.2) is 0 Å². The molecular weight excluding hydrogens is 354 g/mol. The number of likely N-dealkylation sites (tertiary alicyclic amines) is 1. The summed E-state index contributed by atoms with van der Waals surface area (Å²) in [5.74, 6) is 0.674. The molecule has 0 unspecified atom stereocenters. The van der Waals surface area contributed by atoms with E-state index in [1.807, 2.05) is 47.0 Å². The second-order valence-corrected chi connectivity index (χ2v) is 7.77. The molecule has 0 radical (unpaired) electrons. The molecule has 1 N–H and O–H groups in total. The standard InChI is InChI=1S/C22H23N3O3/c26-18-10-20(25(12-18)22(27)28-14-15-4-2-1-3-5-15)19-13-24-11-17(16-6-7-16)8-9-21(24)23-19/h1-5,8-9,11,13,16,18,20,26H,6-7,10,12,14H2/t18-,20-/m1/s1. The zero-order chi connectivity index (χ0) is 19.1. The van der Waals surface area contributed by atoms with E-state index in [9.17, 15) is 9.90 Å². The molecule has 1 amide bonds.